The van der Waals surface area contributed by atoms with Crippen LogP contribution >= 0.6 is 0 Å². The first-order valence-corrected chi connectivity index (χ1v) is 7.72. The molecule has 112 valence electrons. The Morgan fingerprint density at radius 3 is 3.14 bits per heavy atom. The molecule has 2 aromatic heterocycles. The van der Waals surface area contributed by atoms with Gasteiger partial charge in [-0.3, -0.25) is 9.88 Å². The maximum atomic E-state index is 9.64. The topological polar surface area (TPSA) is 52.1 Å². The van der Waals surface area contributed by atoms with Crippen molar-refractivity contribution in [1.82, 2.24) is 14.9 Å². The number of fused-ring (bicyclic) bond motifs is 1. The van der Waals surface area contributed by atoms with Gasteiger partial charge >= 0.3 is 0 Å². The fraction of sp³-hybridized carbons (Fsp3) is 0.278. The molecule has 4 rings (SSSR count). The minimum Gasteiger partial charge on any atom is -0.508 e. The third kappa shape index (κ3) is 2.46. The molecule has 0 aliphatic carbocycles. The predicted molar refractivity (Wildman–Crippen MR) is 86.8 cm³/mol. The van der Waals surface area contributed by atoms with Crippen LogP contribution in [-0.2, 0) is 6.54 Å². The van der Waals surface area contributed by atoms with E-state index in [0.717, 1.165) is 37.1 Å². The lowest BCUT2D eigenvalue weighted by Gasteiger charge is -2.15. The van der Waals surface area contributed by atoms with Gasteiger partial charge in [-0.15, -0.1) is 0 Å². The lowest BCUT2D eigenvalue weighted by molar-refractivity contribution is 0.328. The summed E-state index contributed by atoms with van der Waals surface area (Å²) in [6.45, 7) is 3.04. The quantitative estimate of drug-likeness (QED) is 0.779. The number of pyridine rings is 1. The highest BCUT2D eigenvalue weighted by Gasteiger charge is 2.24. The molecule has 1 saturated heterocycles. The number of rotatable bonds is 3. The van der Waals surface area contributed by atoms with Gasteiger partial charge in [0.25, 0.3) is 0 Å². The third-order valence-electron chi connectivity index (χ3n) is 4.52. The van der Waals surface area contributed by atoms with Crippen LogP contribution < -0.4 is 0 Å². The SMILES string of the molecule is Oc1cccc(C2CCN(Cc3c[nH]c4cccnc34)C2)c1. The lowest BCUT2D eigenvalue weighted by atomic mass is 9.98. The zero-order chi connectivity index (χ0) is 14.9. The van der Waals surface area contributed by atoms with Gasteiger partial charge in [-0.1, -0.05) is 12.1 Å². The first-order valence-electron chi connectivity index (χ1n) is 7.72. The molecule has 1 atom stereocenters. The second-order valence-corrected chi connectivity index (χ2v) is 6.03. The molecular formula is C18H19N3O. The minimum atomic E-state index is 0.358. The van der Waals surface area contributed by atoms with Gasteiger partial charge in [0.05, 0.1) is 11.0 Å². The van der Waals surface area contributed by atoms with E-state index in [1.165, 1.54) is 11.1 Å². The van der Waals surface area contributed by atoms with Crippen LogP contribution in [0.4, 0.5) is 0 Å². The molecule has 1 fully saturated rings. The molecule has 2 N–H and O–H groups in total. The largest absolute Gasteiger partial charge is 0.508 e. The van der Waals surface area contributed by atoms with Gasteiger partial charge in [-0.2, -0.15) is 0 Å². The number of nitrogens with one attached hydrogen (secondary N) is 1. The number of H-pyrrole nitrogens is 1. The maximum absolute atomic E-state index is 9.64. The summed E-state index contributed by atoms with van der Waals surface area (Å²) in [6.07, 6.45) is 5.05. The Kier molecular flexibility index (Phi) is 3.31. The number of phenols is 1. The summed E-state index contributed by atoms with van der Waals surface area (Å²) in [6, 6.07) is 11.7. The highest BCUT2D eigenvalue weighted by molar-refractivity contribution is 5.78. The number of aromatic hydroxyl groups is 1. The van der Waals surface area contributed by atoms with Crippen molar-refractivity contribution in [2.45, 2.75) is 18.9 Å². The number of hydrogen-bond donors (Lipinski definition) is 2. The van der Waals surface area contributed by atoms with Crippen molar-refractivity contribution in [2.24, 2.45) is 0 Å². The van der Waals surface area contributed by atoms with Crippen LogP contribution in [0.25, 0.3) is 11.0 Å². The standard InChI is InChI=1S/C18H19N3O/c22-16-4-1-3-13(9-16)14-6-8-21(11-14)12-15-10-20-17-5-2-7-19-18(15)17/h1-5,7,9-10,14,20,22H,6,8,11-12H2. The summed E-state index contributed by atoms with van der Waals surface area (Å²) in [7, 11) is 0. The predicted octanol–water partition coefficient (Wildman–Crippen LogP) is 3.26. The fourth-order valence-corrected chi connectivity index (χ4v) is 3.40. The zero-order valence-electron chi connectivity index (χ0n) is 12.4. The Bertz CT molecular complexity index is 796. The Morgan fingerprint density at radius 1 is 1.27 bits per heavy atom. The van der Waals surface area contributed by atoms with E-state index in [4.69, 9.17) is 0 Å². The summed E-state index contributed by atoms with van der Waals surface area (Å²) in [5, 5.41) is 9.64. The Morgan fingerprint density at radius 2 is 2.23 bits per heavy atom. The summed E-state index contributed by atoms with van der Waals surface area (Å²) >= 11 is 0. The molecule has 22 heavy (non-hydrogen) atoms. The first-order chi connectivity index (χ1) is 10.8. The average molecular weight is 293 g/mol. The third-order valence-corrected chi connectivity index (χ3v) is 4.52. The molecule has 1 aromatic carbocycles. The second-order valence-electron chi connectivity index (χ2n) is 6.03. The van der Waals surface area contributed by atoms with Crippen molar-refractivity contribution in [2.75, 3.05) is 13.1 Å². The number of phenolic OH excluding ortho intramolecular Hbond substituents is 1. The zero-order valence-corrected chi connectivity index (χ0v) is 12.4. The molecular weight excluding hydrogens is 274 g/mol. The van der Waals surface area contributed by atoms with Gasteiger partial charge in [0.2, 0.25) is 0 Å². The summed E-state index contributed by atoms with van der Waals surface area (Å²) in [5.74, 6) is 0.863. The molecule has 0 amide bonds. The average Bonchev–Trinajstić information content (AvgIpc) is 3.16. The number of benzene rings is 1. The Balaban J connectivity index is 1.49. The molecule has 1 aliphatic rings. The molecule has 0 radical (unpaired) electrons. The molecule has 3 aromatic rings. The first kappa shape index (κ1) is 13.3. The van der Waals surface area contributed by atoms with Crippen LogP contribution in [0, 0.1) is 0 Å². The molecule has 1 unspecified atom stereocenters. The van der Waals surface area contributed by atoms with Gasteiger partial charge in [-0.25, -0.2) is 0 Å². The molecule has 4 heteroatoms. The van der Waals surface area contributed by atoms with Crippen LogP contribution in [0.15, 0.2) is 48.8 Å². The van der Waals surface area contributed by atoms with Crippen LogP contribution in [0.5, 0.6) is 5.75 Å². The van der Waals surface area contributed by atoms with E-state index >= 15 is 0 Å². The van der Waals surface area contributed by atoms with E-state index in [9.17, 15) is 5.11 Å². The normalized spacial score (nSPS) is 19.0. The van der Waals surface area contributed by atoms with Crippen molar-refractivity contribution in [3.05, 3.63) is 59.9 Å². The van der Waals surface area contributed by atoms with Crippen LogP contribution in [-0.4, -0.2) is 33.1 Å². The van der Waals surface area contributed by atoms with Gasteiger partial charge in [0.1, 0.15) is 5.75 Å². The van der Waals surface area contributed by atoms with E-state index in [2.05, 4.69) is 33.2 Å². The van der Waals surface area contributed by atoms with Crippen molar-refractivity contribution in [3.8, 4) is 5.75 Å². The summed E-state index contributed by atoms with van der Waals surface area (Å²) in [4.78, 5) is 10.2. The summed E-state index contributed by atoms with van der Waals surface area (Å²) in [5.41, 5.74) is 4.66. The maximum Gasteiger partial charge on any atom is 0.115 e. The van der Waals surface area contributed by atoms with Crippen molar-refractivity contribution in [1.29, 1.82) is 0 Å². The minimum absolute atomic E-state index is 0.358. The van der Waals surface area contributed by atoms with E-state index in [1.54, 1.807) is 6.07 Å². The second kappa shape index (κ2) is 5.46. The van der Waals surface area contributed by atoms with E-state index in [0.29, 0.717) is 11.7 Å². The molecule has 0 bridgehead atoms. The van der Waals surface area contributed by atoms with E-state index in [-0.39, 0.29) is 0 Å². The van der Waals surface area contributed by atoms with Crippen LogP contribution in [0.2, 0.25) is 0 Å². The van der Waals surface area contributed by atoms with Crippen molar-refractivity contribution < 1.29 is 5.11 Å². The fourth-order valence-electron chi connectivity index (χ4n) is 3.40. The van der Waals surface area contributed by atoms with Gasteiger partial charge in [0.15, 0.2) is 0 Å². The van der Waals surface area contributed by atoms with Crippen molar-refractivity contribution >= 4 is 11.0 Å². The smallest absolute Gasteiger partial charge is 0.115 e. The molecule has 0 spiro atoms. The highest BCUT2D eigenvalue weighted by Crippen LogP contribution is 2.30. The van der Waals surface area contributed by atoms with Crippen LogP contribution in [0.3, 0.4) is 0 Å². The van der Waals surface area contributed by atoms with Gasteiger partial charge < -0.3 is 10.1 Å². The Hall–Kier alpha value is -2.33. The molecule has 1 aliphatic heterocycles. The molecule has 0 saturated carbocycles. The van der Waals surface area contributed by atoms with E-state index in [1.807, 2.05) is 24.4 Å². The number of aromatic amines is 1. The number of aromatic nitrogens is 2. The summed E-state index contributed by atoms with van der Waals surface area (Å²) < 4.78 is 0. The lowest BCUT2D eigenvalue weighted by Crippen LogP contribution is -2.19. The van der Waals surface area contributed by atoms with E-state index < -0.39 is 0 Å². The van der Waals surface area contributed by atoms with Crippen molar-refractivity contribution in [3.63, 3.8) is 0 Å². The highest BCUT2D eigenvalue weighted by atomic mass is 16.3. The monoisotopic (exact) mass is 293 g/mol. The number of hydrogen-bond acceptors (Lipinski definition) is 3. The van der Waals surface area contributed by atoms with Gasteiger partial charge in [0, 0.05) is 31.0 Å². The van der Waals surface area contributed by atoms with Gasteiger partial charge in [-0.05, 0) is 48.7 Å². The number of nitrogens with zero attached hydrogens (tertiary/aromatic N) is 2. The Labute approximate surface area is 129 Å². The molecule has 4 nitrogen and oxygen atoms in total. The number of likely N-dealkylation sites (tertiary alicyclic amines) is 1. The molecule has 3 heterocycles. The van der Waals surface area contributed by atoms with Crippen LogP contribution in [0.1, 0.15) is 23.5 Å².